The van der Waals surface area contributed by atoms with Gasteiger partial charge in [0.2, 0.25) is 5.95 Å². The van der Waals surface area contributed by atoms with Gasteiger partial charge < -0.3 is 20.3 Å². The summed E-state index contributed by atoms with van der Waals surface area (Å²) >= 11 is 0. The molecule has 39 heavy (non-hydrogen) atoms. The molecule has 202 valence electrons. The summed E-state index contributed by atoms with van der Waals surface area (Å²) in [5, 5.41) is 7.84. The van der Waals surface area contributed by atoms with Gasteiger partial charge in [-0.3, -0.25) is 4.79 Å². The lowest BCUT2D eigenvalue weighted by Crippen LogP contribution is -2.40. The van der Waals surface area contributed by atoms with Crippen LogP contribution in [0.25, 0.3) is 10.9 Å². The van der Waals surface area contributed by atoms with Crippen LogP contribution in [0, 0.1) is 13.8 Å². The molecule has 2 N–H and O–H groups in total. The SMILES string of the molecule is Cc1cc(C(=O)N[C@H]2CC[C@@H](Nc3nc(N(C)C)c4ccccc4n3)CC2)cc(C)c1OCc1ccccc1. The van der Waals surface area contributed by atoms with Crippen molar-refractivity contribution in [3.05, 3.63) is 89.0 Å². The molecule has 0 atom stereocenters. The van der Waals surface area contributed by atoms with E-state index in [9.17, 15) is 4.79 Å². The van der Waals surface area contributed by atoms with E-state index >= 15 is 0 Å². The van der Waals surface area contributed by atoms with Crippen LogP contribution in [0.3, 0.4) is 0 Å². The number of hydrogen-bond acceptors (Lipinski definition) is 6. The molecule has 0 spiro atoms. The van der Waals surface area contributed by atoms with E-state index in [0.29, 0.717) is 18.1 Å². The van der Waals surface area contributed by atoms with Crippen LogP contribution in [-0.2, 0) is 6.61 Å². The van der Waals surface area contributed by atoms with Crippen molar-refractivity contribution in [1.82, 2.24) is 15.3 Å². The number of para-hydroxylation sites is 1. The number of nitrogens with zero attached hydrogens (tertiary/aromatic N) is 3. The molecule has 1 aliphatic carbocycles. The number of anilines is 2. The predicted octanol–water partition coefficient (Wildman–Crippen LogP) is 6.04. The van der Waals surface area contributed by atoms with Crippen LogP contribution >= 0.6 is 0 Å². The lowest BCUT2D eigenvalue weighted by Gasteiger charge is -2.30. The number of hydrogen-bond donors (Lipinski definition) is 2. The lowest BCUT2D eigenvalue weighted by atomic mass is 9.91. The van der Waals surface area contributed by atoms with Crippen LogP contribution in [0.5, 0.6) is 5.75 Å². The van der Waals surface area contributed by atoms with Crippen LogP contribution in [0.4, 0.5) is 11.8 Å². The van der Waals surface area contributed by atoms with E-state index in [4.69, 9.17) is 14.7 Å². The normalized spacial score (nSPS) is 17.0. The Bertz CT molecular complexity index is 1420. The van der Waals surface area contributed by atoms with Gasteiger partial charge in [-0.05, 0) is 80.5 Å². The number of rotatable bonds is 8. The maximum Gasteiger partial charge on any atom is 0.251 e. The molecule has 3 aromatic carbocycles. The highest BCUT2D eigenvalue weighted by molar-refractivity contribution is 5.95. The number of aromatic nitrogens is 2. The van der Waals surface area contributed by atoms with Crippen molar-refractivity contribution in [1.29, 1.82) is 0 Å². The van der Waals surface area contributed by atoms with Crippen molar-refractivity contribution in [2.75, 3.05) is 24.3 Å². The molecule has 1 aliphatic rings. The van der Waals surface area contributed by atoms with Gasteiger partial charge in [-0.1, -0.05) is 42.5 Å². The third kappa shape index (κ3) is 6.30. The molecule has 5 rings (SSSR count). The first-order chi connectivity index (χ1) is 18.9. The first kappa shape index (κ1) is 26.5. The zero-order valence-corrected chi connectivity index (χ0v) is 23.2. The van der Waals surface area contributed by atoms with Gasteiger partial charge >= 0.3 is 0 Å². The quantitative estimate of drug-likeness (QED) is 0.293. The lowest BCUT2D eigenvalue weighted by molar-refractivity contribution is 0.0926. The molecule has 1 amide bonds. The third-order valence-electron chi connectivity index (χ3n) is 7.35. The Morgan fingerprint density at radius 3 is 2.23 bits per heavy atom. The van der Waals surface area contributed by atoms with Crippen molar-refractivity contribution in [2.24, 2.45) is 0 Å². The van der Waals surface area contributed by atoms with Gasteiger partial charge in [-0.15, -0.1) is 0 Å². The monoisotopic (exact) mass is 523 g/mol. The molecule has 0 radical (unpaired) electrons. The second kappa shape index (κ2) is 11.7. The number of benzene rings is 3. The average molecular weight is 524 g/mol. The van der Waals surface area contributed by atoms with E-state index in [0.717, 1.165) is 64.8 Å². The first-order valence-corrected chi connectivity index (χ1v) is 13.7. The smallest absolute Gasteiger partial charge is 0.251 e. The van der Waals surface area contributed by atoms with E-state index in [1.165, 1.54) is 0 Å². The van der Waals surface area contributed by atoms with Crippen molar-refractivity contribution in [2.45, 2.75) is 58.2 Å². The average Bonchev–Trinajstić information content (AvgIpc) is 2.93. The highest BCUT2D eigenvalue weighted by Crippen LogP contribution is 2.28. The van der Waals surface area contributed by atoms with Crippen molar-refractivity contribution in [3.8, 4) is 5.75 Å². The maximum atomic E-state index is 13.1. The Labute approximate surface area is 230 Å². The van der Waals surface area contributed by atoms with Crippen molar-refractivity contribution < 1.29 is 9.53 Å². The third-order valence-corrected chi connectivity index (χ3v) is 7.35. The van der Waals surface area contributed by atoms with Gasteiger partial charge in [-0.2, -0.15) is 4.98 Å². The van der Waals surface area contributed by atoms with Crippen LogP contribution in [-0.4, -0.2) is 42.1 Å². The predicted molar refractivity (Wildman–Crippen MR) is 158 cm³/mol. The summed E-state index contributed by atoms with van der Waals surface area (Å²) in [6.07, 6.45) is 3.72. The zero-order valence-electron chi connectivity index (χ0n) is 23.2. The highest BCUT2D eigenvalue weighted by atomic mass is 16.5. The molecule has 7 nitrogen and oxygen atoms in total. The van der Waals surface area contributed by atoms with Gasteiger partial charge in [0.05, 0.1) is 5.52 Å². The minimum absolute atomic E-state index is 0.0271. The van der Waals surface area contributed by atoms with Gasteiger partial charge in [0.1, 0.15) is 18.2 Å². The molecule has 1 saturated carbocycles. The van der Waals surface area contributed by atoms with Crippen LogP contribution < -0.4 is 20.3 Å². The minimum Gasteiger partial charge on any atom is -0.488 e. The summed E-state index contributed by atoms with van der Waals surface area (Å²) in [5.41, 5.74) is 4.67. The fraction of sp³-hybridized carbons (Fsp3) is 0.344. The molecule has 1 aromatic heterocycles. The van der Waals surface area contributed by atoms with E-state index < -0.39 is 0 Å². The molecular formula is C32H37N5O2. The molecule has 0 aliphatic heterocycles. The number of amides is 1. The van der Waals surface area contributed by atoms with Gasteiger partial charge in [0.15, 0.2) is 0 Å². The van der Waals surface area contributed by atoms with Gasteiger partial charge in [0.25, 0.3) is 5.91 Å². The Morgan fingerprint density at radius 2 is 1.54 bits per heavy atom. The number of nitrogens with one attached hydrogen (secondary N) is 2. The molecule has 0 saturated heterocycles. The number of aryl methyl sites for hydroxylation is 2. The Balaban J connectivity index is 1.16. The molecule has 1 heterocycles. The zero-order chi connectivity index (χ0) is 27.4. The number of ether oxygens (including phenoxy) is 1. The fourth-order valence-electron chi connectivity index (χ4n) is 5.34. The second-order valence-electron chi connectivity index (χ2n) is 10.7. The highest BCUT2D eigenvalue weighted by Gasteiger charge is 2.24. The molecule has 0 unspecified atom stereocenters. The standard InChI is InChI=1S/C32H37N5O2/c1-21-18-24(19-22(2)29(21)39-20-23-10-6-5-7-11-23)31(38)33-25-14-16-26(17-15-25)34-32-35-28-13-9-8-12-27(28)30(36-32)37(3)4/h5-13,18-19,25-26H,14-17,20H2,1-4H3,(H,33,38)(H,34,35,36)/t25-,26+. The number of carbonyl (C=O) groups is 1. The molecule has 1 fully saturated rings. The van der Waals surface area contributed by atoms with Crippen LogP contribution in [0.2, 0.25) is 0 Å². The van der Waals surface area contributed by atoms with E-state index in [2.05, 4.69) is 16.7 Å². The maximum absolute atomic E-state index is 13.1. The van der Waals surface area contributed by atoms with Crippen molar-refractivity contribution in [3.63, 3.8) is 0 Å². The van der Waals surface area contributed by atoms with Crippen molar-refractivity contribution >= 4 is 28.6 Å². The summed E-state index contributed by atoms with van der Waals surface area (Å²) in [6.45, 7) is 4.50. The van der Waals surface area contributed by atoms with Gasteiger partial charge in [0, 0.05) is 37.1 Å². The largest absolute Gasteiger partial charge is 0.488 e. The Kier molecular flexibility index (Phi) is 7.96. The van der Waals surface area contributed by atoms with E-state index in [1.807, 2.05) is 93.5 Å². The first-order valence-electron chi connectivity index (χ1n) is 13.7. The summed E-state index contributed by atoms with van der Waals surface area (Å²) < 4.78 is 6.09. The van der Waals surface area contributed by atoms with Gasteiger partial charge in [-0.25, -0.2) is 4.98 Å². The molecule has 7 heteroatoms. The second-order valence-corrected chi connectivity index (χ2v) is 10.7. The summed E-state index contributed by atoms with van der Waals surface area (Å²) in [5.74, 6) is 2.38. The number of fused-ring (bicyclic) bond motifs is 1. The topological polar surface area (TPSA) is 79.4 Å². The van der Waals surface area contributed by atoms with Crippen LogP contribution in [0.15, 0.2) is 66.7 Å². The summed E-state index contributed by atoms with van der Waals surface area (Å²) in [7, 11) is 4.00. The van der Waals surface area contributed by atoms with E-state index in [-0.39, 0.29) is 18.0 Å². The fourth-order valence-corrected chi connectivity index (χ4v) is 5.34. The number of carbonyl (C=O) groups excluding carboxylic acids is 1. The van der Waals surface area contributed by atoms with Crippen LogP contribution in [0.1, 0.15) is 52.7 Å². The summed E-state index contributed by atoms with van der Waals surface area (Å²) in [4.78, 5) is 24.7. The minimum atomic E-state index is -0.0271. The van der Waals surface area contributed by atoms with E-state index in [1.54, 1.807) is 0 Å². The molecule has 4 aromatic rings. The molecule has 0 bridgehead atoms. The molecular weight excluding hydrogens is 486 g/mol. The Morgan fingerprint density at radius 1 is 0.897 bits per heavy atom. The Hall–Kier alpha value is -4.13. The summed E-state index contributed by atoms with van der Waals surface area (Å²) in [6, 6.07) is 22.5.